The van der Waals surface area contributed by atoms with Crippen molar-refractivity contribution in [3.63, 3.8) is 0 Å². The summed E-state index contributed by atoms with van der Waals surface area (Å²) in [7, 11) is -3.63. The molecule has 1 amide bonds. The van der Waals surface area contributed by atoms with Crippen LogP contribution in [0, 0.1) is 12.7 Å². The number of hydrogen-bond acceptors (Lipinski definition) is 5. The molecular weight excluding hydrogens is 421 g/mol. The number of carbonyl (C=O) groups is 1. The molecule has 1 fully saturated rings. The standard InChI is InChI=1S/C22H24FN3O4S/c1-15-8-9-18(13-21(15)31(28,29)26-10-3-2-4-11-26)24-22(27)20-14-19(25-30-20)16-6-5-7-17(23)12-16/h5-9,12-13,20H,2-4,10-11,14H2,1H3,(H,24,27)/t20-/m0/s1. The second kappa shape index (κ2) is 8.76. The molecule has 0 aromatic heterocycles. The van der Waals surface area contributed by atoms with Crippen LogP contribution >= 0.6 is 0 Å². The molecule has 2 aromatic rings. The molecule has 4 rings (SSSR count). The summed E-state index contributed by atoms with van der Waals surface area (Å²) >= 11 is 0. The van der Waals surface area contributed by atoms with Gasteiger partial charge in [0.15, 0.2) is 0 Å². The van der Waals surface area contributed by atoms with Gasteiger partial charge in [-0.05, 0) is 49.6 Å². The molecule has 164 valence electrons. The number of piperidine rings is 1. The van der Waals surface area contributed by atoms with E-state index in [0.717, 1.165) is 19.3 Å². The summed E-state index contributed by atoms with van der Waals surface area (Å²) in [5, 5.41) is 6.63. The van der Waals surface area contributed by atoms with Crippen LogP contribution in [0.5, 0.6) is 0 Å². The van der Waals surface area contributed by atoms with Gasteiger partial charge < -0.3 is 10.2 Å². The second-order valence-electron chi connectivity index (χ2n) is 7.78. The van der Waals surface area contributed by atoms with Crippen molar-refractivity contribution in [2.75, 3.05) is 18.4 Å². The molecule has 0 unspecified atom stereocenters. The molecule has 0 saturated carbocycles. The van der Waals surface area contributed by atoms with Gasteiger partial charge in [-0.1, -0.05) is 29.8 Å². The second-order valence-corrected chi connectivity index (χ2v) is 9.69. The first kappa shape index (κ1) is 21.5. The van der Waals surface area contributed by atoms with Crippen molar-refractivity contribution in [1.82, 2.24) is 4.31 Å². The fourth-order valence-electron chi connectivity index (χ4n) is 3.78. The zero-order chi connectivity index (χ0) is 22.0. The lowest BCUT2D eigenvalue weighted by Gasteiger charge is -2.26. The summed E-state index contributed by atoms with van der Waals surface area (Å²) in [5.41, 5.74) is 2.03. The van der Waals surface area contributed by atoms with Gasteiger partial charge in [0.25, 0.3) is 5.91 Å². The quantitative estimate of drug-likeness (QED) is 0.764. The van der Waals surface area contributed by atoms with Gasteiger partial charge in [0.05, 0.1) is 10.6 Å². The molecule has 0 radical (unpaired) electrons. The van der Waals surface area contributed by atoms with Crippen molar-refractivity contribution in [3.8, 4) is 0 Å². The first-order valence-corrected chi connectivity index (χ1v) is 11.7. The lowest BCUT2D eigenvalue weighted by molar-refractivity contribution is -0.125. The number of aryl methyl sites for hydroxylation is 1. The van der Waals surface area contributed by atoms with E-state index in [2.05, 4.69) is 10.5 Å². The van der Waals surface area contributed by atoms with Gasteiger partial charge in [-0.3, -0.25) is 4.79 Å². The van der Waals surface area contributed by atoms with Crippen LogP contribution in [0.1, 0.15) is 36.8 Å². The number of benzene rings is 2. The Morgan fingerprint density at radius 1 is 1.16 bits per heavy atom. The van der Waals surface area contributed by atoms with Gasteiger partial charge in [0.2, 0.25) is 16.1 Å². The monoisotopic (exact) mass is 445 g/mol. The summed E-state index contributed by atoms with van der Waals surface area (Å²) < 4.78 is 41.1. The highest BCUT2D eigenvalue weighted by molar-refractivity contribution is 7.89. The minimum absolute atomic E-state index is 0.191. The van der Waals surface area contributed by atoms with Crippen LogP contribution in [-0.4, -0.2) is 43.5 Å². The zero-order valence-electron chi connectivity index (χ0n) is 17.2. The number of halogens is 1. The third-order valence-corrected chi connectivity index (χ3v) is 7.55. The van der Waals surface area contributed by atoms with E-state index in [1.54, 1.807) is 31.2 Å². The Hall–Kier alpha value is -2.78. The average molecular weight is 446 g/mol. The molecular formula is C22H24FN3O4S. The minimum Gasteiger partial charge on any atom is -0.382 e. The third-order valence-electron chi connectivity index (χ3n) is 5.51. The van der Waals surface area contributed by atoms with Gasteiger partial charge in [0.1, 0.15) is 5.82 Å². The highest BCUT2D eigenvalue weighted by Gasteiger charge is 2.31. The molecule has 9 heteroatoms. The first-order valence-electron chi connectivity index (χ1n) is 10.2. The van der Waals surface area contributed by atoms with E-state index in [9.17, 15) is 17.6 Å². The molecule has 1 atom stereocenters. The maximum Gasteiger partial charge on any atom is 0.268 e. The summed E-state index contributed by atoms with van der Waals surface area (Å²) in [5.74, 6) is -0.837. The number of rotatable bonds is 5. The Bertz CT molecular complexity index is 1130. The predicted octanol–water partition coefficient (Wildman–Crippen LogP) is 3.44. The van der Waals surface area contributed by atoms with Crippen molar-refractivity contribution in [2.24, 2.45) is 5.16 Å². The maximum absolute atomic E-state index is 13.4. The Balaban J connectivity index is 1.46. The number of sulfonamides is 1. The normalized spacial score (nSPS) is 19.5. The van der Waals surface area contributed by atoms with Crippen molar-refractivity contribution in [3.05, 3.63) is 59.4 Å². The number of anilines is 1. The van der Waals surface area contributed by atoms with Crippen molar-refractivity contribution in [2.45, 2.75) is 43.6 Å². The average Bonchev–Trinajstić information content (AvgIpc) is 3.26. The van der Waals surface area contributed by atoms with E-state index >= 15 is 0 Å². The van der Waals surface area contributed by atoms with Gasteiger partial charge in [-0.25, -0.2) is 12.8 Å². The minimum atomic E-state index is -3.63. The highest BCUT2D eigenvalue weighted by atomic mass is 32.2. The Labute approximate surface area is 180 Å². The third kappa shape index (κ3) is 4.62. The number of amides is 1. The Morgan fingerprint density at radius 2 is 1.94 bits per heavy atom. The molecule has 1 N–H and O–H groups in total. The Kier molecular flexibility index (Phi) is 6.06. The van der Waals surface area contributed by atoms with Crippen LogP contribution in [0.2, 0.25) is 0 Å². The van der Waals surface area contributed by atoms with Gasteiger partial charge in [0, 0.05) is 30.8 Å². The SMILES string of the molecule is Cc1ccc(NC(=O)[C@@H]2CC(c3cccc(F)c3)=NO2)cc1S(=O)(=O)N1CCCCC1. The molecule has 0 bridgehead atoms. The summed E-state index contributed by atoms with van der Waals surface area (Å²) in [4.78, 5) is 18.1. The molecule has 7 nitrogen and oxygen atoms in total. The predicted molar refractivity (Wildman–Crippen MR) is 115 cm³/mol. The van der Waals surface area contributed by atoms with Crippen molar-refractivity contribution < 1.29 is 22.4 Å². The number of nitrogens with zero attached hydrogens (tertiary/aromatic N) is 2. The van der Waals surface area contributed by atoms with Crippen LogP contribution in [0.4, 0.5) is 10.1 Å². The lowest BCUT2D eigenvalue weighted by Crippen LogP contribution is -2.36. The topological polar surface area (TPSA) is 88.1 Å². The fourth-order valence-corrected chi connectivity index (χ4v) is 5.55. The Morgan fingerprint density at radius 3 is 2.68 bits per heavy atom. The van der Waals surface area contributed by atoms with E-state index in [1.165, 1.54) is 22.5 Å². The summed E-state index contributed by atoms with van der Waals surface area (Å²) in [6.07, 6.45) is 2.05. The number of hydrogen-bond donors (Lipinski definition) is 1. The highest BCUT2D eigenvalue weighted by Crippen LogP contribution is 2.27. The van der Waals surface area contributed by atoms with Gasteiger partial charge in [-0.15, -0.1) is 0 Å². The maximum atomic E-state index is 13.4. The number of nitrogens with one attached hydrogen (secondary N) is 1. The van der Waals surface area contributed by atoms with E-state index in [-0.39, 0.29) is 11.3 Å². The molecule has 0 aliphatic carbocycles. The molecule has 0 spiro atoms. The van der Waals surface area contributed by atoms with Crippen molar-refractivity contribution in [1.29, 1.82) is 0 Å². The van der Waals surface area contributed by atoms with Gasteiger partial charge in [-0.2, -0.15) is 4.31 Å². The molecule has 2 aliphatic rings. The molecule has 2 aromatic carbocycles. The fraction of sp³-hybridized carbons (Fsp3) is 0.364. The number of oxime groups is 1. The van der Waals surface area contributed by atoms with Gasteiger partial charge >= 0.3 is 0 Å². The summed E-state index contributed by atoms with van der Waals surface area (Å²) in [6, 6.07) is 10.8. The zero-order valence-corrected chi connectivity index (χ0v) is 18.0. The summed E-state index contributed by atoms with van der Waals surface area (Å²) in [6.45, 7) is 2.75. The molecule has 2 aliphatic heterocycles. The number of carbonyl (C=O) groups excluding carboxylic acids is 1. The van der Waals surface area contributed by atoms with E-state index in [4.69, 9.17) is 4.84 Å². The molecule has 31 heavy (non-hydrogen) atoms. The van der Waals surface area contributed by atoms with E-state index in [0.29, 0.717) is 35.6 Å². The van der Waals surface area contributed by atoms with Crippen LogP contribution in [0.15, 0.2) is 52.5 Å². The van der Waals surface area contributed by atoms with E-state index in [1.807, 2.05) is 0 Å². The van der Waals surface area contributed by atoms with Crippen LogP contribution < -0.4 is 5.32 Å². The largest absolute Gasteiger partial charge is 0.382 e. The van der Waals surface area contributed by atoms with Crippen LogP contribution in [-0.2, 0) is 19.7 Å². The lowest BCUT2D eigenvalue weighted by atomic mass is 10.0. The van der Waals surface area contributed by atoms with Crippen LogP contribution in [0.3, 0.4) is 0 Å². The molecule has 1 saturated heterocycles. The first-order chi connectivity index (χ1) is 14.8. The van der Waals surface area contributed by atoms with E-state index < -0.39 is 27.9 Å². The molecule has 2 heterocycles. The smallest absolute Gasteiger partial charge is 0.268 e. The van der Waals surface area contributed by atoms with Crippen LogP contribution in [0.25, 0.3) is 0 Å². The van der Waals surface area contributed by atoms with Crippen molar-refractivity contribution >= 4 is 27.3 Å².